The van der Waals surface area contributed by atoms with Gasteiger partial charge in [0.1, 0.15) is 12.1 Å². The number of benzene rings is 1. The fourth-order valence-corrected chi connectivity index (χ4v) is 7.70. The Morgan fingerprint density at radius 3 is 2.57 bits per heavy atom. The Balaban J connectivity index is 1.12. The van der Waals surface area contributed by atoms with Crippen molar-refractivity contribution in [3.05, 3.63) is 70.6 Å². The van der Waals surface area contributed by atoms with Crippen molar-refractivity contribution >= 4 is 45.1 Å². The van der Waals surface area contributed by atoms with E-state index >= 15 is 0 Å². The van der Waals surface area contributed by atoms with E-state index in [1.807, 2.05) is 0 Å². The Bertz CT molecular complexity index is 1890. The molecule has 0 spiro atoms. The molecule has 0 saturated carbocycles. The molecule has 2 fully saturated rings. The smallest absolute Gasteiger partial charge is 0.270 e. The van der Waals surface area contributed by atoms with Gasteiger partial charge >= 0.3 is 0 Å². The molecule has 7 rings (SSSR count). The van der Waals surface area contributed by atoms with Crippen LogP contribution in [0.3, 0.4) is 0 Å². The van der Waals surface area contributed by atoms with Crippen LogP contribution in [0.1, 0.15) is 59.6 Å². The number of nitrogens with one attached hydrogen (secondary N) is 1. The van der Waals surface area contributed by atoms with E-state index in [-0.39, 0.29) is 41.4 Å². The van der Waals surface area contributed by atoms with Gasteiger partial charge in [-0.2, -0.15) is 5.10 Å². The third-order valence-corrected chi connectivity index (χ3v) is 10.3. The van der Waals surface area contributed by atoms with Gasteiger partial charge < -0.3 is 20.0 Å². The second-order valence-corrected chi connectivity index (χ2v) is 13.4. The fraction of sp³-hybridized carbons (Fsp3) is 0.406. The van der Waals surface area contributed by atoms with Gasteiger partial charge in [-0.3, -0.25) is 19.2 Å². The van der Waals surface area contributed by atoms with E-state index < -0.39 is 29.8 Å². The van der Waals surface area contributed by atoms with Gasteiger partial charge in [-0.25, -0.2) is 23.4 Å². The van der Waals surface area contributed by atoms with Gasteiger partial charge in [0, 0.05) is 67.7 Å². The van der Waals surface area contributed by atoms with Gasteiger partial charge in [0.2, 0.25) is 17.7 Å². The van der Waals surface area contributed by atoms with Crippen LogP contribution in [0.5, 0.6) is 0 Å². The Kier molecular flexibility index (Phi) is 7.73. The number of carbonyl (C=O) groups excluding carboxylic acids is 4. The zero-order valence-electron chi connectivity index (χ0n) is 25.7. The first kappa shape index (κ1) is 30.8. The van der Waals surface area contributed by atoms with Gasteiger partial charge in [0.15, 0.2) is 0 Å². The first-order valence-corrected chi connectivity index (χ1v) is 16.2. The van der Waals surface area contributed by atoms with Crippen LogP contribution in [0.4, 0.5) is 8.78 Å². The Hall–Kier alpha value is -4.79. The lowest BCUT2D eigenvalue weighted by Crippen LogP contribution is -2.61. The first-order chi connectivity index (χ1) is 22.5. The Labute approximate surface area is 272 Å². The molecule has 3 aromatic heterocycles. The molecule has 4 amide bonds. The van der Waals surface area contributed by atoms with E-state index in [2.05, 4.69) is 20.4 Å². The summed E-state index contributed by atoms with van der Waals surface area (Å²) in [4.78, 5) is 68.0. The fourth-order valence-electron chi connectivity index (χ4n) is 6.76. The number of nitrogens with zero attached hydrogens (tertiary/aromatic N) is 7. The number of hydrogen-bond acceptors (Lipinski definition) is 8. The van der Waals surface area contributed by atoms with E-state index in [1.165, 1.54) is 25.1 Å². The SMILES string of the molecule is CC(=O)N1CC[C@H]2CC[C@@H](C(=O)N3Cc4cnn(-c5ncccn5)c4C3)N2C(=O)C(NC(=O)c2cc3cc(C(C)(F)F)ccc3s2)C1. The molecule has 2 saturated heterocycles. The van der Waals surface area contributed by atoms with Crippen LogP contribution in [0.2, 0.25) is 0 Å². The molecule has 4 aromatic rings. The zero-order valence-corrected chi connectivity index (χ0v) is 26.5. The summed E-state index contributed by atoms with van der Waals surface area (Å²) >= 11 is 1.13. The Morgan fingerprint density at radius 2 is 1.83 bits per heavy atom. The maximum atomic E-state index is 14.3. The maximum absolute atomic E-state index is 14.3. The molecule has 3 aliphatic heterocycles. The van der Waals surface area contributed by atoms with Crippen LogP contribution in [0.25, 0.3) is 16.0 Å². The molecule has 47 heavy (non-hydrogen) atoms. The molecule has 1 N–H and O–H groups in total. The van der Waals surface area contributed by atoms with Crippen LogP contribution >= 0.6 is 11.3 Å². The van der Waals surface area contributed by atoms with E-state index in [1.54, 1.807) is 50.1 Å². The van der Waals surface area contributed by atoms with E-state index in [0.29, 0.717) is 48.4 Å². The highest BCUT2D eigenvalue weighted by Gasteiger charge is 2.47. The molecule has 15 heteroatoms. The van der Waals surface area contributed by atoms with E-state index in [4.69, 9.17) is 0 Å². The molecule has 0 radical (unpaired) electrons. The number of hydrogen-bond donors (Lipinski definition) is 1. The number of halogens is 2. The number of alkyl halides is 2. The second-order valence-electron chi connectivity index (χ2n) is 12.3. The highest BCUT2D eigenvalue weighted by molar-refractivity contribution is 7.20. The summed E-state index contributed by atoms with van der Waals surface area (Å²) in [5.41, 5.74) is 1.52. The summed E-state index contributed by atoms with van der Waals surface area (Å²) in [5.74, 6) is -4.04. The molecular formula is C32H32F2N8O4S. The summed E-state index contributed by atoms with van der Waals surface area (Å²) in [7, 11) is 0. The largest absolute Gasteiger partial charge is 0.340 e. The summed E-state index contributed by atoms with van der Waals surface area (Å²) in [6.07, 6.45) is 6.48. The van der Waals surface area contributed by atoms with Gasteiger partial charge in [0.25, 0.3) is 17.8 Å². The van der Waals surface area contributed by atoms with Crippen LogP contribution in [0.15, 0.2) is 48.9 Å². The molecule has 6 heterocycles. The van der Waals surface area contributed by atoms with Crippen molar-refractivity contribution < 1.29 is 28.0 Å². The molecule has 0 aliphatic carbocycles. The summed E-state index contributed by atoms with van der Waals surface area (Å²) in [6, 6.07) is 5.35. The minimum Gasteiger partial charge on any atom is -0.340 e. The number of carbonyl (C=O) groups is 4. The van der Waals surface area contributed by atoms with Crippen molar-refractivity contribution in [3.63, 3.8) is 0 Å². The van der Waals surface area contributed by atoms with Crippen molar-refractivity contribution in [1.29, 1.82) is 0 Å². The van der Waals surface area contributed by atoms with Gasteiger partial charge in [-0.15, -0.1) is 11.3 Å². The molecule has 3 aliphatic rings. The second kappa shape index (κ2) is 11.8. The van der Waals surface area contributed by atoms with Crippen molar-refractivity contribution in [2.24, 2.45) is 0 Å². The number of rotatable bonds is 5. The molecule has 244 valence electrons. The molecule has 0 bridgehead atoms. The minimum absolute atomic E-state index is 0.0524. The van der Waals surface area contributed by atoms with Crippen molar-refractivity contribution in [3.8, 4) is 5.95 Å². The quantitative estimate of drug-likeness (QED) is 0.347. The van der Waals surface area contributed by atoms with Crippen LogP contribution in [-0.2, 0) is 33.4 Å². The monoisotopic (exact) mass is 662 g/mol. The van der Waals surface area contributed by atoms with Gasteiger partial charge in [-0.05, 0) is 48.9 Å². The van der Waals surface area contributed by atoms with Crippen LogP contribution in [0, 0.1) is 0 Å². The maximum Gasteiger partial charge on any atom is 0.270 e. The number of fused-ring (bicyclic) bond motifs is 3. The predicted octanol–water partition coefficient (Wildman–Crippen LogP) is 3.24. The average Bonchev–Trinajstić information content (AvgIpc) is 3.83. The van der Waals surface area contributed by atoms with Gasteiger partial charge in [0.05, 0.1) is 23.3 Å². The average molecular weight is 663 g/mol. The normalized spacial score (nSPS) is 21.4. The topological polar surface area (TPSA) is 134 Å². The molecule has 12 nitrogen and oxygen atoms in total. The lowest BCUT2D eigenvalue weighted by molar-refractivity contribution is -0.149. The lowest BCUT2D eigenvalue weighted by atomic mass is 10.1. The van der Waals surface area contributed by atoms with E-state index in [9.17, 15) is 28.0 Å². The summed E-state index contributed by atoms with van der Waals surface area (Å²) in [5, 5.41) is 7.70. The molecule has 1 unspecified atom stereocenters. The highest BCUT2D eigenvalue weighted by Crippen LogP contribution is 2.35. The molecule has 1 aromatic carbocycles. The third kappa shape index (κ3) is 5.72. The van der Waals surface area contributed by atoms with E-state index in [0.717, 1.165) is 29.5 Å². The van der Waals surface area contributed by atoms with Crippen LogP contribution < -0.4 is 5.32 Å². The van der Waals surface area contributed by atoms with Crippen molar-refractivity contribution in [2.45, 2.75) is 70.2 Å². The van der Waals surface area contributed by atoms with Gasteiger partial charge in [-0.1, -0.05) is 6.07 Å². The summed E-state index contributed by atoms with van der Waals surface area (Å²) in [6.45, 7) is 3.17. The van der Waals surface area contributed by atoms with Crippen molar-refractivity contribution in [1.82, 2.24) is 39.8 Å². The standard InChI is InChI=1S/C32H32F2N8O4S/c1-18(43)39-11-8-22-5-6-24(30(46)40-15-20-14-37-42(25(20)17-40)31-35-9-3-10-36-31)41(22)29(45)23(16-39)38-28(44)27-13-19-12-21(32(2,33)34)4-7-26(19)47-27/h3-4,7,9-10,12-14,22-24H,5-6,8,11,15-17H2,1-2H3,(H,38,44)/t22-,23?,24+/m1/s1. The number of amides is 4. The minimum atomic E-state index is -3.03. The third-order valence-electron chi connectivity index (χ3n) is 9.18. The zero-order chi connectivity index (χ0) is 33.0. The van der Waals surface area contributed by atoms with Crippen molar-refractivity contribution in [2.75, 3.05) is 13.1 Å². The number of thiophene rings is 1. The molecular weight excluding hydrogens is 630 g/mol. The first-order valence-electron chi connectivity index (χ1n) is 15.4. The lowest BCUT2D eigenvalue weighted by Gasteiger charge is -2.39. The molecule has 3 atom stereocenters. The predicted molar refractivity (Wildman–Crippen MR) is 167 cm³/mol. The Morgan fingerprint density at radius 1 is 1.04 bits per heavy atom. The number of aromatic nitrogens is 4. The summed E-state index contributed by atoms with van der Waals surface area (Å²) < 4.78 is 30.1. The van der Waals surface area contributed by atoms with Crippen LogP contribution in [-0.4, -0.2) is 89.3 Å². The highest BCUT2D eigenvalue weighted by atomic mass is 32.1.